The third kappa shape index (κ3) is 4.73. The van der Waals surface area contributed by atoms with Crippen LogP contribution in [0.15, 0.2) is 65.9 Å². The lowest BCUT2D eigenvalue weighted by atomic mass is 10.0. The SMILES string of the molecule is O=C(NN=C1C=C(NNC(=O)c2ccncc2)CCC1)c1ccncc1. The van der Waals surface area contributed by atoms with Crippen LogP contribution in [0.1, 0.15) is 40.0 Å². The number of hydrazine groups is 1. The fourth-order valence-electron chi connectivity index (χ4n) is 2.40. The Labute approximate surface area is 150 Å². The third-order valence-corrected chi connectivity index (χ3v) is 3.74. The molecule has 0 saturated carbocycles. The van der Waals surface area contributed by atoms with Gasteiger partial charge in [0.05, 0.1) is 5.71 Å². The van der Waals surface area contributed by atoms with Crippen LogP contribution in [0.3, 0.4) is 0 Å². The summed E-state index contributed by atoms with van der Waals surface area (Å²) in [7, 11) is 0. The van der Waals surface area contributed by atoms with Gasteiger partial charge >= 0.3 is 0 Å². The van der Waals surface area contributed by atoms with E-state index in [4.69, 9.17) is 0 Å². The van der Waals surface area contributed by atoms with Gasteiger partial charge in [0, 0.05) is 41.6 Å². The van der Waals surface area contributed by atoms with Gasteiger partial charge in [-0.1, -0.05) is 0 Å². The normalized spacial score (nSPS) is 15.1. The lowest BCUT2D eigenvalue weighted by Crippen LogP contribution is -2.37. The van der Waals surface area contributed by atoms with Crippen LogP contribution in [0.2, 0.25) is 0 Å². The number of hydrogen-bond donors (Lipinski definition) is 3. The number of allylic oxidation sites excluding steroid dienone is 2. The van der Waals surface area contributed by atoms with Gasteiger partial charge in [0.25, 0.3) is 11.8 Å². The van der Waals surface area contributed by atoms with Gasteiger partial charge in [-0.2, -0.15) is 5.10 Å². The first kappa shape index (κ1) is 17.3. The first-order chi connectivity index (χ1) is 12.7. The summed E-state index contributed by atoms with van der Waals surface area (Å²) in [4.78, 5) is 31.8. The Kier molecular flexibility index (Phi) is 5.66. The minimum Gasteiger partial charge on any atom is -0.302 e. The highest BCUT2D eigenvalue weighted by Crippen LogP contribution is 2.13. The van der Waals surface area contributed by atoms with E-state index >= 15 is 0 Å². The van der Waals surface area contributed by atoms with Crippen molar-refractivity contribution < 1.29 is 9.59 Å². The van der Waals surface area contributed by atoms with Crippen molar-refractivity contribution >= 4 is 17.5 Å². The summed E-state index contributed by atoms with van der Waals surface area (Å²) in [5, 5.41) is 4.15. The number of carbonyl (C=O) groups is 2. The maximum Gasteiger partial charge on any atom is 0.271 e. The lowest BCUT2D eigenvalue weighted by Gasteiger charge is -2.17. The number of rotatable bonds is 5. The van der Waals surface area contributed by atoms with Crippen molar-refractivity contribution in [3.8, 4) is 0 Å². The minimum atomic E-state index is -0.292. The van der Waals surface area contributed by atoms with E-state index in [1.807, 2.05) is 6.08 Å². The molecule has 8 nitrogen and oxygen atoms in total. The van der Waals surface area contributed by atoms with Crippen molar-refractivity contribution in [1.82, 2.24) is 26.2 Å². The highest BCUT2D eigenvalue weighted by Gasteiger charge is 2.11. The largest absolute Gasteiger partial charge is 0.302 e. The summed E-state index contributed by atoms with van der Waals surface area (Å²) in [6, 6.07) is 6.50. The number of carbonyl (C=O) groups excluding carboxylic acids is 2. The van der Waals surface area contributed by atoms with Crippen molar-refractivity contribution in [2.45, 2.75) is 19.3 Å². The molecule has 1 aliphatic carbocycles. The van der Waals surface area contributed by atoms with Gasteiger partial charge in [-0.05, 0) is 49.6 Å². The number of pyridine rings is 2. The van der Waals surface area contributed by atoms with E-state index in [0.717, 1.165) is 30.7 Å². The van der Waals surface area contributed by atoms with E-state index in [0.29, 0.717) is 11.1 Å². The van der Waals surface area contributed by atoms with Crippen LogP contribution in [0.4, 0.5) is 0 Å². The summed E-state index contributed by atoms with van der Waals surface area (Å²) >= 11 is 0. The molecule has 0 saturated heterocycles. The first-order valence-corrected chi connectivity index (χ1v) is 8.16. The molecule has 132 valence electrons. The smallest absolute Gasteiger partial charge is 0.271 e. The molecule has 2 heterocycles. The molecule has 3 rings (SSSR count). The molecule has 0 bridgehead atoms. The molecule has 26 heavy (non-hydrogen) atoms. The lowest BCUT2D eigenvalue weighted by molar-refractivity contribution is 0.0935. The molecule has 0 spiro atoms. The average Bonchev–Trinajstić information content (AvgIpc) is 2.72. The van der Waals surface area contributed by atoms with Crippen molar-refractivity contribution in [3.05, 3.63) is 72.0 Å². The summed E-state index contributed by atoms with van der Waals surface area (Å²) in [5.74, 6) is -0.539. The van der Waals surface area contributed by atoms with Crippen molar-refractivity contribution in [1.29, 1.82) is 0 Å². The maximum absolute atomic E-state index is 12.0. The molecule has 2 amide bonds. The molecule has 0 fully saturated rings. The van der Waals surface area contributed by atoms with Crippen molar-refractivity contribution in [2.24, 2.45) is 5.10 Å². The van der Waals surface area contributed by atoms with Gasteiger partial charge in [0.1, 0.15) is 0 Å². The fraction of sp³-hybridized carbons (Fsp3) is 0.167. The summed E-state index contributed by atoms with van der Waals surface area (Å²) < 4.78 is 0. The molecule has 0 unspecified atom stereocenters. The van der Waals surface area contributed by atoms with E-state index in [2.05, 4.69) is 31.3 Å². The molecule has 8 heteroatoms. The van der Waals surface area contributed by atoms with Crippen LogP contribution in [-0.4, -0.2) is 27.5 Å². The molecule has 0 radical (unpaired) electrons. The Balaban J connectivity index is 1.56. The summed E-state index contributed by atoms with van der Waals surface area (Å²) in [5.41, 5.74) is 10.7. The Bertz CT molecular complexity index is 833. The molecule has 0 aliphatic heterocycles. The number of aromatic nitrogens is 2. The number of nitrogens with one attached hydrogen (secondary N) is 3. The van der Waals surface area contributed by atoms with E-state index < -0.39 is 0 Å². The van der Waals surface area contributed by atoms with Gasteiger partial charge in [0.15, 0.2) is 0 Å². The number of hydrazone groups is 1. The van der Waals surface area contributed by atoms with Crippen LogP contribution in [0.5, 0.6) is 0 Å². The molecule has 1 aliphatic rings. The molecule has 0 aromatic carbocycles. The zero-order valence-corrected chi connectivity index (χ0v) is 14.0. The second-order valence-corrected chi connectivity index (χ2v) is 5.62. The highest BCUT2D eigenvalue weighted by molar-refractivity contribution is 5.99. The molecule has 3 N–H and O–H groups in total. The highest BCUT2D eigenvalue weighted by atomic mass is 16.2. The number of amides is 2. The molecule has 2 aromatic heterocycles. The number of nitrogens with zero attached hydrogens (tertiary/aromatic N) is 3. The van der Waals surface area contributed by atoms with E-state index in [1.54, 1.807) is 49.1 Å². The fourth-order valence-corrected chi connectivity index (χ4v) is 2.40. The van der Waals surface area contributed by atoms with Crippen LogP contribution >= 0.6 is 0 Å². The summed E-state index contributed by atoms with van der Waals surface area (Å²) in [6.07, 6.45) is 10.5. The van der Waals surface area contributed by atoms with E-state index in [-0.39, 0.29) is 11.8 Å². The van der Waals surface area contributed by atoms with Crippen LogP contribution in [0, 0.1) is 0 Å². The quantitative estimate of drug-likeness (QED) is 0.709. The topological polar surface area (TPSA) is 108 Å². The second-order valence-electron chi connectivity index (χ2n) is 5.62. The Hall–Kier alpha value is -3.55. The third-order valence-electron chi connectivity index (χ3n) is 3.74. The van der Waals surface area contributed by atoms with Crippen molar-refractivity contribution in [2.75, 3.05) is 0 Å². The predicted octanol–water partition coefficient (Wildman–Crippen LogP) is 1.56. The first-order valence-electron chi connectivity index (χ1n) is 8.16. The van der Waals surface area contributed by atoms with Gasteiger partial charge in [0.2, 0.25) is 0 Å². The molecule has 2 aromatic rings. The van der Waals surface area contributed by atoms with E-state index in [9.17, 15) is 9.59 Å². The minimum absolute atomic E-state index is 0.247. The Morgan fingerprint density at radius 2 is 1.50 bits per heavy atom. The summed E-state index contributed by atoms with van der Waals surface area (Å²) in [6.45, 7) is 0. The molecule has 0 atom stereocenters. The van der Waals surface area contributed by atoms with Gasteiger partial charge in [-0.3, -0.25) is 25.0 Å². The zero-order valence-electron chi connectivity index (χ0n) is 14.0. The monoisotopic (exact) mass is 350 g/mol. The Morgan fingerprint density at radius 3 is 2.15 bits per heavy atom. The van der Waals surface area contributed by atoms with Crippen LogP contribution in [0.25, 0.3) is 0 Å². The van der Waals surface area contributed by atoms with E-state index in [1.165, 1.54) is 0 Å². The predicted molar refractivity (Wildman–Crippen MR) is 95.9 cm³/mol. The van der Waals surface area contributed by atoms with Crippen molar-refractivity contribution in [3.63, 3.8) is 0 Å². The van der Waals surface area contributed by atoms with Gasteiger partial charge in [-0.25, -0.2) is 5.43 Å². The van der Waals surface area contributed by atoms with Crippen LogP contribution in [-0.2, 0) is 0 Å². The zero-order chi connectivity index (χ0) is 18.2. The second kappa shape index (κ2) is 8.52. The Morgan fingerprint density at radius 1 is 0.885 bits per heavy atom. The maximum atomic E-state index is 12.0. The molecular weight excluding hydrogens is 332 g/mol. The standard InChI is InChI=1S/C18H18N6O2/c25-17(13-4-8-19-9-5-13)23-21-15-2-1-3-16(12-15)22-24-18(26)14-6-10-20-11-7-14/h4-12,21H,1-3H2,(H,23,25)(H,24,26). The molecular formula is C18H18N6O2. The van der Waals surface area contributed by atoms with Gasteiger partial charge < -0.3 is 5.43 Å². The van der Waals surface area contributed by atoms with Gasteiger partial charge in [-0.15, -0.1) is 0 Å². The average molecular weight is 350 g/mol. The number of hydrogen-bond acceptors (Lipinski definition) is 6. The van der Waals surface area contributed by atoms with Crippen LogP contribution < -0.4 is 16.3 Å².